The van der Waals surface area contributed by atoms with Crippen LogP contribution in [0.2, 0.25) is 0 Å². The summed E-state index contributed by atoms with van der Waals surface area (Å²) in [5, 5.41) is 8.35. The molecule has 118 valence electrons. The fourth-order valence-corrected chi connectivity index (χ4v) is 2.78. The molecule has 2 aromatic heterocycles. The van der Waals surface area contributed by atoms with Crippen LogP contribution < -0.4 is 9.80 Å². The fraction of sp³-hybridized carbons (Fsp3) is 0.312. The minimum absolute atomic E-state index is 0.565. The third-order valence-corrected chi connectivity index (χ3v) is 4.05. The number of piperazine rings is 1. The van der Waals surface area contributed by atoms with Crippen molar-refractivity contribution in [2.24, 2.45) is 7.05 Å². The molecule has 0 aliphatic carbocycles. The SMILES string of the molecule is Cn1cc(N2CCN(c3noc(-c4ccccc4)n3)CC2)cn1. The Bertz CT molecular complexity index is 773. The predicted octanol–water partition coefficient (Wildman–Crippen LogP) is 1.80. The van der Waals surface area contributed by atoms with E-state index in [9.17, 15) is 0 Å². The van der Waals surface area contributed by atoms with Crippen molar-refractivity contribution in [3.05, 3.63) is 42.7 Å². The van der Waals surface area contributed by atoms with Gasteiger partial charge in [-0.2, -0.15) is 10.1 Å². The molecule has 0 N–H and O–H groups in total. The third kappa shape index (κ3) is 2.77. The topological polar surface area (TPSA) is 63.2 Å². The predicted molar refractivity (Wildman–Crippen MR) is 87.4 cm³/mol. The Balaban J connectivity index is 1.44. The molecule has 23 heavy (non-hydrogen) atoms. The van der Waals surface area contributed by atoms with Crippen LogP contribution in [0, 0.1) is 0 Å². The molecule has 1 aliphatic rings. The van der Waals surface area contributed by atoms with Gasteiger partial charge in [0.05, 0.1) is 11.9 Å². The summed E-state index contributed by atoms with van der Waals surface area (Å²) >= 11 is 0. The molecule has 0 radical (unpaired) electrons. The largest absolute Gasteiger partial charge is 0.365 e. The quantitative estimate of drug-likeness (QED) is 0.735. The molecule has 7 nitrogen and oxygen atoms in total. The van der Waals surface area contributed by atoms with Crippen molar-refractivity contribution in [2.45, 2.75) is 0 Å². The van der Waals surface area contributed by atoms with Crippen molar-refractivity contribution in [3.8, 4) is 11.5 Å². The normalized spacial score (nSPS) is 15.2. The van der Waals surface area contributed by atoms with E-state index < -0.39 is 0 Å². The molecular formula is C16H18N6O. The Morgan fingerprint density at radius 3 is 2.43 bits per heavy atom. The van der Waals surface area contributed by atoms with E-state index in [0.29, 0.717) is 11.8 Å². The standard InChI is InChI=1S/C16H18N6O/c1-20-12-14(11-17-20)21-7-9-22(10-8-21)16-18-15(23-19-16)13-5-3-2-4-6-13/h2-6,11-12H,7-10H2,1H3. The molecular weight excluding hydrogens is 292 g/mol. The molecule has 0 amide bonds. The van der Waals surface area contributed by atoms with Crippen molar-refractivity contribution in [1.82, 2.24) is 19.9 Å². The van der Waals surface area contributed by atoms with Crippen LogP contribution in [0.3, 0.4) is 0 Å². The van der Waals surface area contributed by atoms with Gasteiger partial charge in [-0.3, -0.25) is 4.68 Å². The monoisotopic (exact) mass is 310 g/mol. The number of anilines is 2. The summed E-state index contributed by atoms with van der Waals surface area (Å²) in [5.74, 6) is 1.23. The van der Waals surface area contributed by atoms with Gasteiger partial charge in [0.25, 0.3) is 11.8 Å². The molecule has 4 rings (SSSR count). The second-order valence-corrected chi connectivity index (χ2v) is 5.61. The van der Waals surface area contributed by atoms with Gasteiger partial charge in [0.2, 0.25) is 0 Å². The van der Waals surface area contributed by atoms with Gasteiger partial charge in [0.15, 0.2) is 0 Å². The fourth-order valence-electron chi connectivity index (χ4n) is 2.78. The Hall–Kier alpha value is -2.83. The van der Waals surface area contributed by atoms with Crippen molar-refractivity contribution >= 4 is 11.6 Å². The maximum Gasteiger partial charge on any atom is 0.266 e. The lowest BCUT2D eigenvalue weighted by Gasteiger charge is -2.34. The maximum absolute atomic E-state index is 5.39. The highest BCUT2D eigenvalue weighted by atomic mass is 16.5. The lowest BCUT2D eigenvalue weighted by atomic mass is 10.2. The van der Waals surface area contributed by atoms with Crippen LogP contribution in [-0.4, -0.2) is 46.1 Å². The second kappa shape index (κ2) is 5.75. The molecule has 7 heteroatoms. The van der Waals surface area contributed by atoms with E-state index in [-0.39, 0.29) is 0 Å². The van der Waals surface area contributed by atoms with Gasteiger partial charge in [0.1, 0.15) is 0 Å². The van der Waals surface area contributed by atoms with Crippen LogP contribution in [0.25, 0.3) is 11.5 Å². The van der Waals surface area contributed by atoms with Crippen molar-refractivity contribution in [2.75, 3.05) is 36.0 Å². The average Bonchev–Trinajstić information content (AvgIpc) is 3.25. The van der Waals surface area contributed by atoms with Crippen molar-refractivity contribution in [3.63, 3.8) is 0 Å². The molecule has 0 spiro atoms. The number of hydrogen-bond acceptors (Lipinski definition) is 6. The Morgan fingerprint density at radius 2 is 1.74 bits per heavy atom. The summed E-state index contributed by atoms with van der Waals surface area (Å²) in [6, 6.07) is 9.84. The number of hydrogen-bond donors (Lipinski definition) is 0. The summed E-state index contributed by atoms with van der Waals surface area (Å²) in [4.78, 5) is 9.00. The highest BCUT2D eigenvalue weighted by Crippen LogP contribution is 2.22. The maximum atomic E-state index is 5.39. The highest BCUT2D eigenvalue weighted by molar-refractivity contribution is 5.54. The van der Waals surface area contributed by atoms with E-state index >= 15 is 0 Å². The summed E-state index contributed by atoms with van der Waals surface area (Å²) in [5.41, 5.74) is 2.10. The van der Waals surface area contributed by atoms with E-state index in [2.05, 4.69) is 25.0 Å². The molecule has 0 bridgehead atoms. The number of nitrogens with zero attached hydrogens (tertiary/aromatic N) is 6. The first-order valence-electron chi connectivity index (χ1n) is 7.67. The molecule has 0 saturated carbocycles. The molecule has 0 atom stereocenters. The zero-order valence-corrected chi connectivity index (χ0v) is 13.0. The van der Waals surface area contributed by atoms with E-state index in [0.717, 1.165) is 37.4 Å². The van der Waals surface area contributed by atoms with Crippen LogP contribution in [0.5, 0.6) is 0 Å². The van der Waals surface area contributed by atoms with Crippen LogP contribution in [0.1, 0.15) is 0 Å². The van der Waals surface area contributed by atoms with Gasteiger partial charge in [0, 0.05) is 45.0 Å². The summed E-state index contributed by atoms with van der Waals surface area (Å²) in [6.07, 6.45) is 3.94. The van der Waals surface area contributed by atoms with Crippen LogP contribution in [-0.2, 0) is 7.05 Å². The summed E-state index contributed by atoms with van der Waals surface area (Å²) in [6.45, 7) is 3.56. The van der Waals surface area contributed by atoms with Gasteiger partial charge in [-0.15, -0.1) is 0 Å². The zero-order valence-electron chi connectivity index (χ0n) is 13.0. The first kappa shape index (κ1) is 13.8. The van der Waals surface area contributed by atoms with E-state index in [1.165, 1.54) is 0 Å². The summed E-state index contributed by atoms with van der Waals surface area (Å²) in [7, 11) is 1.93. The van der Waals surface area contributed by atoms with E-state index in [1.807, 2.05) is 54.5 Å². The average molecular weight is 310 g/mol. The third-order valence-electron chi connectivity index (χ3n) is 4.05. The Kier molecular flexibility index (Phi) is 3.45. The lowest BCUT2D eigenvalue weighted by molar-refractivity contribution is 0.428. The molecule has 1 fully saturated rings. The Labute approximate surface area is 134 Å². The smallest absolute Gasteiger partial charge is 0.266 e. The molecule has 0 unspecified atom stereocenters. The number of aromatic nitrogens is 4. The number of benzene rings is 1. The molecule has 1 aromatic carbocycles. The lowest BCUT2D eigenvalue weighted by Crippen LogP contribution is -2.46. The first-order chi connectivity index (χ1) is 11.3. The minimum Gasteiger partial charge on any atom is -0.365 e. The van der Waals surface area contributed by atoms with Crippen molar-refractivity contribution in [1.29, 1.82) is 0 Å². The minimum atomic E-state index is 0.565. The molecule has 3 heterocycles. The van der Waals surface area contributed by atoms with Gasteiger partial charge in [-0.05, 0) is 17.3 Å². The van der Waals surface area contributed by atoms with Gasteiger partial charge in [-0.25, -0.2) is 0 Å². The van der Waals surface area contributed by atoms with Gasteiger partial charge in [-0.1, -0.05) is 18.2 Å². The van der Waals surface area contributed by atoms with E-state index in [1.54, 1.807) is 0 Å². The highest BCUT2D eigenvalue weighted by Gasteiger charge is 2.22. The molecule has 1 saturated heterocycles. The first-order valence-corrected chi connectivity index (χ1v) is 7.67. The zero-order chi connectivity index (χ0) is 15.6. The molecule has 3 aromatic rings. The van der Waals surface area contributed by atoms with Gasteiger partial charge >= 0.3 is 0 Å². The Morgan fingerprint density at radius 1 is 1.00 bits per heavy atom. The van der Waals surface area contributed by atoms with Crippen LogP contribution >= 0.6 is 0 Å². The van der Waals surface area contributed by atoms with E-state index in [4.69, 9.17) is 4.52 Å². The van der Waals surface area contributed by atoms with Gasteiger partial charge < -0.3 is 14.3 Å². The second-order valence-electron chi connectivity index (χ2n) is 5.61. The molecule has 1 aliphatic heterocycles. The van der Waals surface area contributed by atoms with Crippen LogP contribution in [0.4, 0.5) is 11.6 Å². The number of rotatable bonds is 3. The summed E-state index contributed by atoms with van der Waals surface area (Å²) < 4.78 is 7.22. The van der Waals surface area contributed by atoms with Crippen molar-refractivity contribution < 1.29 is 4.52 Å². The number of aryl methyl sites for hydroxylation is 1. The van der Waals surface area contributed by atoms with Crippen LogP contribution in [0.15, 0.2) is 47.2 Å².